The quantitative estimate of drug-likeness (QED) is 0.421. The van der Waals surface area contributed by atoms with Crippen LogP contribution < -0.4 is 5.32 Å². The molecule has 0 fully saturated rings. The Balaban J connectivity index is 1.55. The molecule has 2 aromatic carbocycles. The number of halogens is 2. The monoisotopic (exact) mass is 443 g/mol. The minimum Gasteiger partial charge on any atom is -0.325 e. The molecule has 4 rings (SSSR count). The van der Waals surface area contributed by atoms with Gasteiger partial charge in [-0.15, -0.1) is 10.2 Å². The molecule has 0 radical (unpaired) electrons. The third-order valence-electron chi connectivity index (χ3n) is 3.99. The van der Waals surface area contributed by atoms with E-state index in [2.05, 4.69) is 15.5 Å². The summed E-state index contributed by atoms with van der Waals surface area (Å²) < 4.78 is 3.72. The van der Waals surface area contributed by atoms with Gasteiger partial charge in [-0.2, -0.15) is 0 Å². The number of aromatic nitrogens is 4. The first kappa shape index (κ1) is 19.6. The van der Waals surface area contributed by atoms with Crippen LogP contribution in [-0.4, -0.2) is 31.2 Å². The van der Waals surface area contributed by atoms with Gasteiger partial charge in [0.25, 0.3) is 0 Å². The molecule has 0 atom stereocenters. The van der Waals surface area contributed by atoms with Gasteiger partial charge in [0.1, 0.15) is 0 Å². The standard InChI is InChI=1S/C20H15Cl2N5OS/c21-15-5-3-14(4-6-15)19-24-25-20(27(19)26-11-1-2-12-26)29-13-18(28)23-17-9-7-16(22)8-10-17/h1-12H,13H2,(H,23,28). The highest BCUT2D eigenvalue weighted by atomic mass is 35.5. The SMILES string of the molecule is O=C(CSc1nnc(-c2ccc(Cl)cc2)n1-n1cccc1)Nc1ccc(Cl)cc1. The fourth-order valence-corrected chi connectivity index (χ4v) is 3.65. The lowest BCUT2D eigenvalue weighted by molar-refractivity contribution is -0.113. The van der Waals surface area contributed by atoms with Crippen LogP contribution >= 0.6 is 35.0 Å². The van der Waals surface area contributed by atoms with E-state index in [4.69, 9.17) is 23.2 Å². The van der Waals surface area contributed by atoms with Crippen LogP contribution in [-0.2, 0) is 4.79 Å². The number of carbonyl (C=O) groups excluding carboxylic acids is 1. The number of hydrogen-bond acceptors (Lipinski definition) is 4. The summed E-state index contributed by atoms with van der Waals surface area (Å²) in [5.74, 6) is 0.689. The Kier molecular flexibility index (Phi) is 5.89. The third-order valence-corrected chi connectivity index (χ3v) is 5.42. The topological polar surface area (TPSA) is 64.7 Å². The maximum absolute atomic E-state index is 12.3. The average molecular weight is 444 g/mol. The molecule has 0 bridgehead atoms. The maximum atomic E-state index is 12.3. The zero-order valence-electron chi connectivity index (χ0n) is 15.0. The molecule has 0 saturated heterocycles. The molecule has 29 heavy (non-hydrogen) atoms. The molecule has 9 heteroatoms. The predicted octanol–water partition coefficient (Wildman–Crippen LogP) is 5.10. The van der Waals surface area contributed by atoms with Gasteiger partial charge in [0.15, 0.2) is 5.82 Å². The van der Waals surface area contributed by atoms with E-state index in [-0.39, 0.29) is 11.7 Å². The molecule has 146 valence electrons. The number of nitrogens with one attached hydrogen (secondary N) is 1. The van der Waals surface area contributed by atoms with Crippen molar-refractivity contribution in [2.75, 3.05) is 11.1 Å². The van der Waals surface area contributed by atoms with Crippen LogP contribution in [0.5, 0.6) is 0 Å². The second-order valence-electron chi connectivity index (χ2n) is 6.03. The molecule has 0 saturated carbocycles. The van der Waals surface area contributed by atoms with E-state index in [9.17, 15) is 4.79 Å². The van der Waals surface area contributed by atoms with Gasteiger partial charge in [-0.1, -0.05) is 35.0 Å². The van der Waals surface area contributed by atoms with Gasteiger partial charge in [-0.25, -0.2) is 4.68 Å². The summed E-state index contributed by atoms with van der Waals surface area (Å²) in [6.45, 7) is 0. The molecule has 0 aliphatic carbocycles. The van der Waals surface area contributed by atoms with Crippen molar-refractivity contribution in [1.29, 1.82) is 0 Å². The van der Waals surface area contributed by atoms with E-state index < -0.39 is 0 Å². The summed E-state index contributed by atoms with van der Waals surface area (Å²) in [4.78, 5) is 12.3. The van der Waals surface area contributed by atoms with E-state index in [0.717, 1.165) is 5.56 Å². The predicted molar refractivity (Wildman–Crippen MR) is 117 cm³/mol. The second-order valence-corrected chi connectivity index (χ2v) is 7.85. The summed E-state index contributed by atoms with van der Waals surface area (Å²) in [5, 5.41) is 13.3. The van der Waals surface area contributed by atoms with Crippen molar-refractivity contribution < 1.29 is 4.79 Å². The van der Waals surface area contributed by atoms with Crippen molar-refractivity contribution in [2.45, 2.75) is 5.16 Å². The Hall–Kier alpha value is -2.74. The fourth-order valence-electron chi connectivity index (χ4n) is 2.66. The molecule has 1 N–H and O–H groups in total. The van der Waals surface area contributed by atoms with Crippen LogP contribution in [0, 0.1) is 0 Å². The van der Waals surface area contributed by atoms with Crippen LogP contribution in [0.2, 0.25) is 10.0 Å². The van der Waals surface area contributed by atoms with Crippen molar-refractivity contribution in [2.24, 2.45) is 0 Å². The average Bonchev–Trinajstić information content (AvgIpc) is 3.38. The van der Waals surface area contributed by atoms with Crippen molar-refractivity contribution in [3.05, 3.63) is 83.1 Å². The maximum Gasteiger partial charge on any atom is 0.234 e. The largest absolute Gasteiger partial charge is 0.325 e. The summed E-state index contributed by atoms with van der Waals surface area (Å²) in [5.41, 5.74) is 1.56. The number of amides is 1. The van der Waals surface area contributed by atoms with E-state index in [1.807, 2.05) is 46.0 Å². The Morgan fingerprint density at radius 3 is 2.21 bits per heavy atom. The van der Waals surface area contributed by atoms with E-state index in [1.165, 1.54) is 11.8 Å². The zero-order valence-corrected chi connectivity index (χ0v) is 17.3. The number of benzene rings is 2. The molecule has 0 aliphatic rings. The number of anilines is 1. The van der Waals surface area contributed by atoms with E-state index >= 15 is 0 Å². The van der Waals surface area contributed by atoms with Crippen LogP contribution in [0.3, 0.4) is 0 Å². The highest BCUT2D eigenvalue weighted by molar-refractivity contribution is 7.99. The van der Waals surface area contributed by atoms with Crippen molar-refractivity contribution in [3.63, 3.8) is 0 Å². The zero-order chi connectivity index (χ0) is 20.2. The lowest BCUT2D eigenvalue weighted by Gasteiger charge is -2.11. The number of carbonyl (C=O) groups is 1. The van der Waals surface area contributed by atoms with Gasteiger partial charge >= 0.3 is 0 Å². The highest BCUT2D eigenvalue weighted by Crippen LogP contribution is 2.25. The minimum absolute atomic E-state index is 0.146. The summed E-state index contributed by atoms with van der Waals surface area (Å²) in [6.07, 6.45) is 3.78. The minimum atomic E-state index is -0.146. The van der Waals surface area contributed by atoms with Crippen LogP contribution in [0.1, 0.15) is 0 Å². The fraction of sp³-hybridized carbons (Fsp3) is 0.0500. The van der Waals surface area contributed by atoms with Crippen molar-refractivity contribution in [3.8, 4) is 11.4 Å². The number of rotatable bonds is 6. The van der Waals surface area contributed by atoms with Gasteiger partial charge in [-0.05, 0) is 60.7 Å². The molecule has 2 heterocycles. The third kappa shape index (κ3) is 4.64. The Morgan fingerprint density at radius 2 is 1.55 bits per heavy atom. The van der Waals surface area contributed by atoms with Gasteiger partial charge in [-0.3, -0.25) is 9.47 Å². The number of hydrogen-bond donors (Lipinski definition) is 1. The first-order valence-electron chi connectivity index (χ1n) is 8.63. The number of thioether (sulfide) groups is 1. The molecular weight excluding hydrogens is 429 g/mol. The Morgan fingerprint density at radius 1 is 0.931 bits per heavy atom. The first-order valence-corrected chi connectivity index (χ1v) is 10.4. The van der Waals surface area contributed by atoms with E-state index in [1.54, 1.807) is 36.4 Å². The summed E-state index contributed by atoms with van der Waals surface area (Å²) in [6, 6.07) is 18.2. The highest BCUT2D eigenvalue weighted by Gasteiger charge is 2.17. The molecular formula is C20H15Cl2N5OS. The van der Waals surface area contributed by atoms with Crippen molar-refractivity contribution in [1.82, 2.24) is 19.5 Å². The summed E-state index contributed by atoms with van der Waals surface area (Å²) in [7, 11) is 0. The Bertz CT molecular complexity index is 1110. The lowest BCUT2D eigenvalue weighted by Crippen LogP contribution is -2.15. The molecule has 0 aliphatic heterocycles. The lowest BCUT2D eigenvalue weighted by atomic mass is 10.2. The smallest absolute Gasteiger partial charge is 0.234 e. The van der Waals surface area contributed by atoms with E-state index in [0.29, 0.717) is 26.7 Å². The van der Waals surface area contributed by atoms with Gasteiger partial charge < -0.3 is 5.32 Å². The molecule has 2 aromatic heterocycles. The molecule has 0 unspecified atom stereocenters. The summed E-state index contributed by atoms with van der Waals surface area (Å²) >= 11 is 13.2. The molecule has 4 aromatic rings. The number of nitrogens with zero attached hydrogens (tertiary/aromatic N) is 4. The van der Waals surface area contributed by atoms with Gasteiger partial charge in [0.05, 0.1) is 5.75 Å². The van der Waals surface area contributed by atoms with Crippen LogP contribution in [0.15, 0.2) is 78.2 Å². The normalized spacial score (nSPS) is 10.8. The second kappa shape index (κ2) is 8.73. The van der Waals surface area contributed by atoms with Crippen molar-refractivity contribution >= 4 is 46.6 Å². The molecule has 1 amide bonds. The molecule has 0 spiro atoms. The molecule has 6 nitrogen and oxygen atoms in total. The van der Waals surface area contributed by atoms with Crippen LogP contribution in [0.25, 0.3) is 11.4 Å². The van der Waals surface area contributed by atoms with Crippen LogP contribution in [0.4, 0.5) is 5.69 Å². The Labute approximate surface area is 181 Å². The van der Waals surface area contributed by atoms with Gasteiger partial charge in [0.2, 0.25) is 11.1 Å². The first-order chi connectivity index (χ1) is 14.1. The van der Waals surface area contributed by atoms with Gasteiger partial charge in [0, 0.05) is 33.7 Å².